The van der Waals surface area contributed by atoms with Crippen molar-refractivity contribution in [3.8, 4) is 5.75 Å². The third-order valence-electron chi connectivity index (χ3n) is 4.27. The molecule has 1 saturated heterocycles. The first-order valence-corrected chi connectivity index (χ1v) is 9.02. The summed E-state index contributed by atoms with van der Waals surface area (Å²) in [7, 11) is 0. The van der Waals surface area contributed by atoms with E-state index < -0.39 is 10.9 Å². The fraction of sp³-hybridized carbons (Fsp3) is 0.316. The Kier molecular flexibility index (Phi) is 6.13. The summed E-state index contributed by atoms with van der Waals surface area (Å²) in [6.07, 6.45) is 2.05. The van der Waals surface area contributed by atoms with Gasteiger partial charge in [0.15, 0.2) is 0 Å². The number of halogens is 1. The van der Waals surface area contributed by atoms with Gasteiger partial charge in [-0.3, -0.25) is 10.1 Å². The number of hydrogen-bond donors (Lipinski definition) is 0. The van der Waals surface area contributed by atoms with E-state index in [1.54, 1.807) is 30.3 Å². The summed E-state index contributed by atoms with van der Waals surface area (Å²) in [6.45, 7) is 1.76. The van der Waals surface area contributed by atoms with Crippen molar-refractivity contribution in [1.82, 2.24) is 0 Å². The molecular formula is C19H19ClN2O5. The van der Waals surface area contributed by atoms with E-state index >= 15 is 0 Å². The highest BCUT2D eigenvalue weighted by Crippen LogP contribution is 2.29. The highest BCUT2D eigenvalue weighted by Gasteiger charge is 2.23. The lowest BCUT2D eigenvalue weighted by Crippen LogP contribution is -2.22. The van der Waals surface area contributed by atoms with Crippen LogP contribution in [0.25, 0.3) is 0 Å². The molecule has 0 amide bonds. The lowest BCUT2D eigenvalue weighted by molar-refractivity contribution is -0.384. The molecule has 1 fully saturated rings. The number of para-hydroxylation sites is 1. The second kappa shape index (κ2) is 8.73. The Morgan fingerprint density at radius 1 is 1.15 bits per heavy atom. The average molecular weight is 391 g/mol. The normalized spacial score (nSPS) is 13.4. The van der Waals surface area contributed by atoms with Crippen LogP contribution in [0.3, 0.4) is 0 Å². The summed E-state index contributed by atoms with van der Waals surface area (Å²) in [4.78, 5) is 25.1. The Hall–Kier alpha value is -2.80. The molecule has 3 rings (SSSR count). The summed E-state index contributed by atoms with van der Waals surface area (Å²) in [6, 6.07) is 11.3. The van der Waals surface area contributed by atoms with Gasteiger partial charge < -0.3 is 14.4 Å². The number of anilines is 1. The van der Waals surface area contributed by atoms with Crippen LogP contribution in [0.1, 0.15) is 23.2 Å². The van der Waals surface area contributed by atoms with E-state index in [9.17, 15) is 14.9 Å². The fourth-order valence-corrected chi connectivity index (χ4v) is 3.15. The fourth-order valence-electron chi connectivity index (χ4n) is 2.96. The van der Waals surface area contributed by atoms with E-state index in [-0.39, 0.29) is 24.5 Å². The monoisotopic (exact) mass is 390 g/mol. The van der Waals surface area contributed by atoms with Crippen molar-refractivity contribution < 1.29 is 19.2 Å². The molecule has 2 aromatic rings. The van der Waals surface area contributed by atoms with E-state index in [2.05, 4.69) is 0 Å². The van der Waals surface area contributed by atoms with Crippen molar-refractivity contribution in [2.45, 2.75) is 12.8 Å². The number of ether oxygens (including phenoxy) is 2. The number of nitrogens with zero attached hydrogens (tertiary/aromatic N) is 2. The summed E-state index contributed by atoms with van der Waals surface area (Å²) in [5.74, 6) is -0.105. The van der Waals surface area contributed by atoms with E-state index in [1.165, 1.54) is 12.1 Å². The van der Waals surface area contributed by atoms with E-state index in [0.717, 1.165) is 25.9 Å². The Labute approximate surface area is 161 Å². The summed E-state index contributed by atoms with van der Waals surface area (Å²) >= 11 is 6.00. The molecular weight excluding hydrogens is 372 g/mol. The highest BCUT2D eigenvalue weighted by molar-refractivity contribution is 6.32. The van der Waals surface area contributed by atoms with Gasteiger partial charge in [-0.2, -0.15) is 0 Å². The summed E-state index contributed by atoms with van der Waals surface area (Å²) in [5.41, 5.74) is 0.719. The molecule has 8 heteroatoms. The Morgan fingerprint density at radius 2 is 1.89 bits per heavy atom. The number of carbonyl (C=O) groups is 1. The minimum Gasteiger partial charge on any atom is -0.488 e. The van der Waals surface area contributed by atoms with Crippen LogP contribution in [-0.4, -0.2) is 37.2 Å². The maximum absolute atomic E-state index is 12.5. The van der Waals surface area contributed by atoms with Crippen molar-refractivity contribution in [1.29, 1.82) is 0 Å². The smallest absolute Gasteiger partial charge is 0.340 e. The second-order valence-corrected chi connectivity index (χ2v) is 6.47. The molecule has 7 nitrogen and oxygen atoms in total. The zero-order valence-electron chi connectivity index (χ0n) is 14.6. The van der Waals surface area contributed by atoms with E-state index in [4.69, 9.17) is 21.1 Å². The molecule has 0 radical (unpaired) electrons. The molecule has 2 aromatic carbocycles. The molecule has 1 heterocycles. The second-order valence-electron chi connectivity index (χ2n) is 6.07. The Bertz CT molecular complexity index is 837. The Morgan fingerprint density at radius 3 is 2.59 bits per heavy atom. The molecule has 0 unspecified atom stereocenters. The number of non-ortho nitro benzene ring substituents is 1. The Balaban J connectivity index is 1.66. The van der Waals surface area contributed by atoms with E-state index in [0.29, 0.717) is 16.5 Å². The quantitative estimate of drug-likeness (QED) is 0.306. The molecule has 0 atom stereocenters. The lowest BCUT2D eigenvalue weighted by atomic mass is 10.1. The van der Waals surface area contributed by atoms with Gasteiger partial charge in [-0.05, 0) is 31.0 Å². The molecule has 0 aliphatic carbocycles. The van der Waals surface area contributed by atoms with Crippen LogP contribution >= 0.6 is 11.6 Å². The van der Waals surface area contributed by atoms with Crippen LogP contribution in [0.5, 0.6) is 5.75 Å². The van der Waals surface area contributed by atoms with Gasteiger partial charge in [-0.1, -0.05) is 23.7 Å². The highest BCUT2D eigenvalue weighted by atomic mass is 35.5. The number of nitro benzene ring substituents is 1. The van der Waals surface area contributed by atoms with Crippen LogP contribution in [0.4, 0.5) is 11.4 Å². The molecule has 1 aliphatic heterocycles. The van der Waals surface area contributed by atoms with Gasteiger partial charge in [0, 0.05) is 25.2 Å². The minimum atomic E-state index is -0.608. The van der Waals surface area contributed by atoms with Gasteiger partial charge >= 0.3 is 5.97 Å². The summed E-state index contributed by atoms with van der Waals surface area (Å²) in [5, 5.41) is 11.5. The minimum absolute atomic E-state index is 0.00614. The number of rotatable bonds is 7. The first-order chi connectivity index (χ1) is 13.1. The van der Waals surface area contributed by atoms with Crippen molar-refractivity contribution in [3.05, 3.63) is 63.2 Å². The third kappa shape index (κ3) is 4.68. The number of hydrogen-bond acceptors (Lipinski definition) is 6. The van der Waals surface area contributed by atoms with Crippen molar-refractivity contribution in [3.63, 3.8) is 0 Å². The van der Waals surface area contributed by atoms with Crippen molar-refractivity contribution in [2.75, 3.05) is 31.2 Å². The van der Waals surface area contributed by atoms with Gasteiger partial charge in [0.05, 0.1) is 21.2 Å². The molecule has 0 spiro atoms. The molecule has 0 saturated carbocycles. The van der Waals surface area contributed by atoms with E-state index in [1.807, 2.05) is 4.90 Å². The maximum Gasteiger partial charge on any atom is 0.340 e. The predicted octanol–water partition coefficient (Wildman–Crippen LogP) is 4.08. The predicted molar refractivity (Wildman–Crippen MR) is 102 cm³/mol. The number of carbonyl (C=O) groups excluding carboxylic acids is 1. The lowest BCUT2D eigenvalue weighted by Gasteiger charge is -2.20. The molecule has 0 bridgehead atoms. The standard InChI is InChI=1S/C19H19ClN2O5/c20-16-5-1-2-6-18(16)26-11-12-27-19(23)15-13-14(22(24)25)7-8-17(15)21-9-3-4-10-21/h1-2,5-8,13H,3-4,9-12H2. The van der Waals surface area contributed by atoms with Gasteiger partial charge in [0.1, 0.15) is 19.0 Å². The molecule has 0 aromatic heterocycles. The zero-order chi connectivity index (χ0) is 19.2. The van der Waals surface area contributed by atoms with Crippen LogP contribution in [0, 0.1) is 10.1 Å². The zero-order valence-corrected chi connectivity index (χ0v) is 15.4. The van der Waals surface area contributed by atoms with Crippen molar-refractivity contribution in [2.24, 2.45) is 0 Å². The van der Waals surface area contributed by atoms with Crippen LogP contribution in [0.2, 0.25) is 5.02 Å². The first-order valence-electron chi connectivity index (χ1n) is 8.64. The number of benzene rings is 2. The maximum atomic E-state index is 12.5. The third-order valence-corrected chi connectivity index (χ3v) is 4.58. The van der Waals surface area contributed by atoms with Crippen LogP contribution in [0.15, 0.2) is 42.5 Å². The average Bonchev–Trinajstić information content (AvgIpc) is 3.20. The topological polar surface area (TPSA) is 81.9 Å². The van der Waals surface area contributed by atoms with Gasteiger partial charge in [0.25, 0.3) is 5.69 Å². The molecule has 1 aliphatic rings. The SMILES string of the molecule is O=C(OCCOc1ccccc1Cl)c1cc([N+](=O)[O-])ccc1N1CCCC1. The van der Waals surface area contributed by atoms with Crippen LogP contribution < -0.4 is 9.64 Å². The van der Waals surface area contributed by atoms with Crippen LogP contribution in [-0.2, 0) is 4.74 Å². The van der Waals surface area contributed by atoms with Gasteiger partial charge in [0.2, 0.25) is 0 Å². The van der Waals surface area contributed by atoms with Crippen molar-refractivity contribution >= 4 is 28.9 Å². The molecule has 142 valence electrons. The first kappa shape index (κ1) is 19.0. The largest absolute Gasteiger partial charge is 0.488 e. The van der Waals surface area contributed by atoms with Gasteiger partial charge in [-0.25, -0.2) is 4.79 Å². The number of nitro groups is 1. The molecule has 0 N–H and O–H groups in total. The number of esters is 1. The summed E-state index contributed by atoms with van der Waals surface area (Å²) < 4.78 is 10.8. The molecule has 27 heavy (non-hydrogen) atoms. The van der Waals surface area contributed by atoms with Gasteiger partial charge in [-0.15, -0.1) is 0 Å².